The first kappa shape index (κ1) is 23.2. The maximum absolute atomic E-state index is 12.7. The molecule has 1 saturated heterocycles. The Bertz CT molecular complexity index is 814. The zero-order valence-corrected chi connectivity index (χ0v) is 18.9. The van der Waals surface area contributed by atoms with E-state index in [4.69, 9.17) is 9.47 Å². The summed E-state index contributed by atoms with van der Waals surface area (Å²) in [6.45, 7) is 0.865. The Balaban J connectivity index is 1.80. The van der Waals surface area contributed by atoms with Crippen LogP contribution in [-0.4, -0.2) is 35.0 Å². The van der Waals surface area contributed by atoms with Crippen LogP contribution in [0.15, 0.2) is 6.07 Å². The van der Waals surface area contributed by atoms with E-state index in [-0.39, 0.29) is 35.9 Å². The Morgan fingerprint density at radius 1 is 0.812 bits per heavy atom. The van der Waals surface area contributed by atoms with Crippen LogP contribution in [0.5, 0.6) is 0 Å². The minimum absolute atomic E-state index is 0.0000586. The van der Waals surface area contributed by atoms with Gasteiger partial charge in [-0.1, -0.05) is 38.5 Å². The fourth-order valence-corrected chi connectivity index (χ4v) is 6.00. The number of ether oxygens (including phenoxy) is 2. The Hall–Kier alpha value is -1.92. The zero-order valence-electron chi connectivity index (χ0n) is 18.9. The molecular formula is C26H36O6. The Labute approximate surface area is 190 Å². The van der Waals surface area contributed by atoms with Gasteiger partial charge in [0.2, 0.25) is 0 Å². The van der Waals surface area contributed by atoms with E-state index < -0.39 is 11.9 Å². The van der Waals surface area contributed by atoms with E-state index in [9.17, 15) is 19.8 Å². The van der Waals surface area contributed by atoms with E-state index in [0.717, 1.165) is 88.2 Å². The Kier molecular flexibility index (Phi) is 7.84. The van der Waals surface area contributed by atoms with Gasteiger partial charge in [-0.05, 0) is 79.5 Å². The van der Waals surface area contributed by atoms with Gasteiger partial charge in [0, 0.05) is 6.61 Å². The lowest BCUT2D eigenvalue weighted by Crippen LogP contribution is -2.25. The van der Waals surface area contributed by atoms with E-state index in [1.807, 2.05) is 0 Å². The summed E-state index contributed by atoms with van der Waals surface area (Å²) in [5, 5.41) is 20.5. The number of carboxylic acid groups (broad SMARTS) is 2. The average molecular weight is 445 g/mol. The van der Waals surface area contributed by atoms with Gasteiger partial charge in [0.15, 0.2) is 6.29 Å². The van der Waals surface area contributed by atoms with Crippen molar-refractivity contribution >= 4 is 11.9 Å². The summed E-state index contributed by atoms with van der Waals surface area (Å²) in [5.74, 6) is -1.89. The predicted octanol–water partition coefficient (Wildman–Crippen LogP) is 6.22. The third kappa shape index (κ3) is 5.18. The minimum Gasteiger partial charge on any atom is -0.478 e. The molecule has 1 aromatic rings. The molecular weight excluding hydrogens is 408 g/mol. The van der Waals surface area contributed by atoms with Crippen molar-refractivity contribution in [1.82, 2.24) is 0 Å². The summed E-state index contributed by atoms with van der Waals surface area (Å²) in [4.78, 5) is 25.0. The van der Waals surface area contributed by atoms with Crippen LogP contribution < -0.4 is 0 Å². The van der Waals surface area contributed by atoms with Crippen molar-refractivity contribution in [2.24, 2.45) is 0 Å². The zero-order chi connectivity index (χ0) is 22.5. The number of carboxylic acids is 2. The van der Waals surface area contributed by atoms with Crippen LogP contribution in [0.25, 0.3) is 0 Å². The molecule has 3 fully saturated rings. The summed E-state index contributed by atoms with van der Waals surface area (Å²) in [6, 6.07) is 1.73. The highest BCUT2D eigenvalue weighted by molar-refractivity contribution is 5.99. The lowest BCUT2D eigenvalue weighted by Gasteiger charge is -2.32. The van der Waals surface area contributed by atoms with Gasteiger partial charge in [-0.3, -0.25) is 0 Å². The van der Waals surface area contributed by atoms with Crippen LogP contribution >= 0.6 is 0 Å². The highest BCUT2D eigenvalue weighted by atomic mass is 16.7. The van der Waals surface area contributed by atoms with Crippen LogP contribution in [0.4, 0.5) is 0 Å². The summed E-state index contributed by atoms with van der Waals surface area (Å²) in [5.41, 5.74) is 2.52. The van der Waals surface area contributed by atoms with Gasteiger partial charge in [-0.15, -0.1) is 0 Å². The highest BCUT2D eigenvalue weighted by Crippen LogP contribution is 2.44. The average Bonchev–Trinajstić information content (AvgIpc) is 2.83. The SMILES string of the molecule is O=C(O)c1cc(COC2CCCCO2)c(C2CCCCC2)c(C(=O)O)c1C1CCCCC1. The number of aromatic carboxylic acids is 2. The van der Waals surface area contributed by atoms with Crippen molar-refractivity contribution in [1.29, 1.82) is 0 Å². The maximum atomic E-state index is 12.7. The molecule has 2 saturated carbocycles. The molecule has 0 amide bonds. The van der Waals surface area contributed by atoms with E-state index in [1.165, 1.54) is 6.42 Å². The number of hydrogen-bond acceptors (Lipinski definition) is 4. The molecule has 2 N–H and O–H groups in total. The molecule has 1 aliphatic heterocycles. The van der Waals surface area contributed by atoms with Crippen molar-refractivity contribution in [2.75, 3.05) is 6.61 Å². The molecule has 1 unspecified atom stereocenters. The lowest BCUT2D eigenvalue weighted by atomic mass is 9.73. The van der Waals surface area contributed by atoms with Crippen LogP contribution in [-0.2, 0) is 16.1 Å². The molecule has 4 rings (SSSR count). The monoisotopic (exact) mass is 444 g/mol. The van der Waals surface area contributed by atoms with Crippen molar-refractivity contribution in [3.05, 3.63) is 33.9 Å². The molecule has 176 valence electrons. The Morgan fingerprint density at radius 2 is 1.41 bits per heavy atom. The van der Waals surface area contributed by atoms with E-state index >= 15 is 0 Å². The van der Waals surface area contributed by atoms with Gasteiger partial charge in [-0.25, -0.2) is 9.59 Å². The molecule has 0 radical (unpaired) electrons. The number of rotatable bonds is 7. The van der Waals surface area contributed by atoms with Crippen molar-refractivity contribution < 1.29 is 29.3 Å². The maximum Gasteiger partial charge on any atom is 0.336 e. The molecule has 0 spiro atoms. The van der Waals surface area contributed by atoms with Gasteiger partial charge in [0.1, 0.15) is 0 Å². The van der Waals surface area contributed by atoms with E-state index in [1.54, 1.807) is 6.07 Å². The van der Waals surface area contributed by atoms with Crippen LogP contribution in [0.2, 0.25) is 0 Å². The summed E-state index contributed by atoms with van der Waals surface area (Å²) >= 11 is 0. The number of hydrogen-bond donors (Lipinski definition) is 2. The molecule has 0 bridgehead atoms. The molecule has 1 heterocycles. The number of benzene rings is 1. The molecule has 6 nitrogen and oxygen atoms in total. The molecule has 32 heavy (non-hydrogen) atoms. The summed E-state index contributed by atoms with van der Waals surface area (Å²) < 4.78 is 11.8. The van der Waals surface area contributed by atoms with Gasteiger partial charge in [0.25, 0.3) is 0 Å². The molecule has 6 heteroatoms. The fraction of sp³-hybridized carbons (Fsp3) is 0.692. The first-order valence-electron chi connectivity index (χ1n) is 12.5. The van der Waals surface area contributed by atoms with Crippen LogP contribution in [0, 0.1) is 0 Å². The Morgan fingerprint density at radius 3 is 1.94 bits per heavy atom. The topological polar surface area (TPSA) is 93.1 Å². The van der Waals surface area contributed by atoms with Crippen LogP contribution in [0.1, 0.15) is 133 Å². The highest BCUT2D eigenvalue weighted by Gasteiger charge is 2.34. The first-order valence-corrected chi connectivity index (χ1v) is 12.5. The molecule has 0 aromatic heterocycles. The lowest BCUT2D eigenvalue weighted by molar-refractivity contribution is -0.169. The molecule has 2 aliphatic carbocycles. The number of carbonyl (C=O) groups is 2. The van der Waals surface area contributed by atoms with Gasteiger partial charge in [-0.2, -0.15) is 0 Å². The third-order valence-electron chi connectivity index (χ3n) is 7.53. The minimum atomic E-state index is -1.04. The predicted molar refractivity (Wildman–Crippen MR) is 120 cm³/mol. The summed E-state index contributed by atoms with van der Waals surface area (Å²) in [7, 11) is 0. The summed E-state index contributed by atoms with van der Waals surface area (Å²) in [6.07, 6.45) is 12.7. The van der Waals surface area contributed by atoms with Crippen LogP contribution in [0.3, 0.4) is 0 Å². The standard InChI is InChI=1S/C26H36O6/c27-25(28)20-15-19(16-32-21-13-7-8-14-31-21)22(17-9-3-1-4-10-17)24(26(29)30)23(20)18-11-5-2-6-12-18/h15,17-18,21H,1-14,16H2,(H,27,28)(H,29,30). The van der Waals surface area contributed by atoms with Gasteiger partial charge < -0.3 is 19.7 Å². The smallest absolute Gasteiger partial charge is 0.336 e. The van der Waals surface area contributed by atoms with Gasteiger partial charge in [0.05, 0.1) is 17.7 Å². The van der Waals surface area contributed by atoms with Gasteiger partial charge >= 0.3 is 11.9 Å². The molecule has 1 aromatic carbocycles. The third-order valence-corrected chi connectivity index (χ3v) is 7.53. The normalized spacial score (nSPS) is 23.2. The van der Waals surface area contributed by atoms with E-state index in [2.05, 4.69) is 0 Å². The fourth-order valence-electron chi connectivity index (χ4n) is 6.00. The van der Waals surface area contributed by atoms with Crippen molar-refractivity contribution in [2.45, 2.75) is 108 Å². The first-order chi connectivity index (χ1) is 15.6. The quantitative estimate of drug-likeness (QED) is 0.518. The second-order valence-electron chi connectivity index (χ2n) is 9.67. The molecule has 1 atom stereocenters. The second-order valence-corrected chi connectivity index (χ2v) is 9.67. The van der Waals surface area contributed by atoms with Crippen molar-refractivity contribution in [3.63, 3.8) is 0 Å². The molecule has 3 aliphatic rings. The largest absolute Gasteiger partial charge is 0.478 e. The van der Waals surface area contributed by atoms with E-state index in [0.29, 0.717) is 12.2 Å². The second kappa shape index (κ2) is 10.8. The van der Waals surface area contributed by atoms with Crippen molar-refractivity contribution in [3.8, 4) is 0 Å².